The van der Waals surface area contributed by atoms with E-state index in [4.69, 9.17) is 4.74 Å². The zero-order valence-corrected chi connectivity index (χ0v) is 26.4. The maximum atomic E-state index is 11.6. The van der Waals surface area contributed by atoms with Crippen molar-refractivity contribution in [2.45, 2.75) is 193 Å². The van der Waals surface area contributed by atoms with Gasteiger partial charge in [0.1, 0.15) is 6.10 Å². The number of hydrogen-bond acceptors (Lipinski definition) is 2. The quantitative estimate of drug-likeness (QED) is 0.0533. The molecule has 1 atom stereocenters. The van der Waals surface area contributed by atoms with Crippen molar-refractivity contribution in [1.29, 1.82) is 0 Å². The van der Waals surface area contributed by atoms with Crippen LogP contribution in [0.1, 0.15) is 187 Å². The average Bonchev–Trinajstić information content (AvgIpc) is 3.26. The van der Waals surface area contributed by atoms with Gasteiger partial charge in [0.15, 0.2) is 0 Å². The highest BCUT2D eigenvalue weighted by Crippen LogP contribution is 2.20. The highest BCUT2D eigenvalue weighted by Gasteiger charge is 2.21. The molecule has 2 nitrogen and oxygen atoms in total. The van der Waals surface area contributed by atoms with Crippen LogP contribution < -0.4 is 0 Å². The normalized spacial score (nSPS) is 15.6. The van der Waals surface area contributed by atoms with Gasteiger partial charge < -0.3 is 4.74 Å². The molecule has 1 rings (SSSR count). The van der Waals surface area contributed by atoms with E-state index in [9.17, 15) is 4.79 Å². The molecular weight excluding hydrogens is 476 g/mol. The van der Waals surface area contributed by atoms with Gasteiger partial charge in [0.2, 0.25) is 0 Å². The van der Waals surface area contributed by atoms with E-state index in [2.05, 4.69) is 31.2 Å². The van der Waals surface area contributed by atoms with E-state index in [0.717, 1.165) is 18.4 Å². The highest BCUT2D eigenvalue weighted by molar-refractivity contribution is 5.90. The van der Waals surface area contributed by atoms with E-state index in [1.807, 2.05) is 13.0 Å². The number of hydrogen-bond donors (Lipinski definition) is 0. The first-order chi connectivity index (χ1) is 19.2. The van der Waals surface area contributed by atoms with Crippen molar-refractivity contribution in [1.82, 2.24) is 0 Å². The molecule has 0 aromatic heterocycles. The van der Waals surface area contributed by atoms with Gasteiger partial charge in [0, 0.05) is 5.57 Å². The van der Waals surface area contributed by atoms with Crippen LogP contribution in [0.5, 0.6) is 0 Å². The maximum Gasteiger partial charge on any atom is 0.334 e. The molecule has 0 aliphatic carbocycles. The molecule has 0 aromatic rings. The highest BCUT2D eigenvalue weighted by atomic mass is 16.5. The molecule has 0 amide bonds. The summed E-state index contributed by atoms with van der Waals surface area (Å²) >= 11 is 0. The maximum absolute atomic E-state index is 11.6. The number of ether oxygens (including phenoxy) is 1. The van der Waals surface area contributed by atoms with Crippen LogP contribution in [0, 0.1) is 0 Å². The summed E-state index contributed by atoms with van der Waals surface area (Å²) in [6.45, 7) is 4.23. The second kappa shape index (κ2) is 28.2. The molecule has 0 bridgehead atoms. The molecule has 0 saturated carbocycles. The number of carbonyl (C=O) groups is 1. The van der Waals surface area contributed by atoms with Crippen LogP contribution >= 0.6 is 0 Å². The van der Waals surface area contributed by atoms with E-state index >= 15 is 0 Å². The Balaban J connectivity index is 1.70. The van der Waals surface area contributed by atoms with E-state index < -0.39 is 0 Å². The van der Waals surface area contributed by atoms with Gasteiger partial charge in [-0.2, -0.15) is 0 Å². The van der Waals surface area contributed by atoms with Crippen LogP contribution in [0.3, 0.4) is 0 Å². The summed E-state index contributed by atoms with van der Waals surface area (Å²) in [5.74, 6) is -0.0907. The smallest absolute Gasteiger partial charge is 0.334 e. The van der Waals surface area contributed by atoms with Crippen molar-refractivity contribution in [3.63, 3.8) is 0 Å². The minimum atomic E-state index is -0.0907. The second-order valence-electron chi connectivity index (χ2n) is 12.1. The minimum absolute atomic E-state index is 0.0178. The van der Waals surface area contributed by atoms with Crippen molar-refractivity contribution >= 4 is 5.97 Å². The van der Waals surface area contributed by atoms with E-state index in [1.54, 1.807) is 0 Å². The lowest BCUT2D eigenvalue weighted by Crippen LogP contribution is -2.03. The van der Waals surface area contributed by atoms with Crippen LogP contribution in [0.15, 0.2) is 36.0 Å². The molecule has 2 heteroatoms. The van der Waals surface area contributed by atoms with Crippen LogP contribution in [-0.4, -0.2) is 12.1 Å². The largest absolute Gasteiger partial charge is 0.455 e. The SMILES string of the molecule is CCCCCCCCCCCCC=CCCC=CCCCCCCCCCCCCCCC1=CC(C)OC1=O. The molecule has 1 aliphatic heterocycles. The third-order valence-electron chi connectivity index (χ3n) is 8.12. The Morgan fingerprint density at radius 2 is 0.897 bits per heavy atom. The topological polar surface area (TPSA) is 26.3 Å². The number of esters is 1. The predicted octanol–water partition coefficient (Wildman–Crippen LogP) is 12.5. The Hall–Kier alpha value is -1.31. The molecule has 0 N–H and O–H groups in total. The Kier molecular flexibility index (Phi) is 25.9. The minimum Gasteiger partial charge on any atom is -0.455 e. The van der Waals surface area contributed by atoms with E-state index in [-0.39, 0.29) is 12.1 Å². The second-order valence-corrected chi connectivity index (χ2v) is 12.1. The third kappa shape index (κ3) is 24.2. The first kappa shape index (κ1) is 35.7. The predicted molar refractivity (Wildman–Crippen MR) is 172 cm³/mol. The summed E-state index contributed by atoms with van der Waals surface area (Å²) in [5.41, 5.74) is 0.899. The number of unbranched alkanes of at least 4 members (excludes halogenated alkanes) is 23. The fourth-order valence-electron chi connectivity index (χ4n) is 5.57. The molecule has 0 radical (unpaired) electrons. The van der Waals surface area contributed by atoms with E-state index in [1.165, 1.54) is 161 Å². The van der Waals surface area contributed by atoms with Gasteiger partial charge in [-0.1, -0.05) is 153 Å². The fraction of sp³-hybridized carbons (Fsp3) is 0.811. The van der Waals surface area contributed by atoms with Gasteiger partial charge in [-0.05, 0) is 64.4 Å². The Morgan fingerprint density at radius 1 is 0.538 bits per heavy atom. The van der Waals surface area contributed by atoms with Crippen molar-refractivity contribution in [2.75, 3.05) is 0 Å². The summed E-state index contributed by atoms with van der Waals surface area (Å²) in [5, 5.41) is 0. The van der Waals surface area contributed by atoms with Gasteiger partial charge in [-0.25, -0.2) is 4.79 Å². The van der Waals surface area contributed by atoms with E-state index in [0.29, 0.717) is 0 Å². The molecule has 0 saturated heterocycles. The fourth-order valence-corrected chi connectivity index (χ4v) is 5.57. The van der Waals surface area contributed by atoms with Crippen LogP contribution in [0.2, 0.25) is 0 Å². The Labute approximate surface area is 244 Å². The molecule has 1 aliphatic rings. The molecular formula is C37H66O2. The zero-order valence-electron chi connectivity index (χ0n) is 26.4. The summed E-state index contributed by atoms with van der Waals surface area (Å²) in [6.07, 6.45) is 47.9. The van der Waals surface area contributed by atoms with Gasteiger partial charge in [-0.3, -0.25) is 0 Å². The van der Waals surface area contributed by atoms with Crippen LogP contribution in [0.4, 0.5) is 0 Å². The summed E-state index contributed by atoms with van der Waals surface area (Å²) in [4.78, 5) is 11.6. The molecule has 39 heavy (non-hydrogen) atoms. The van der Waals surface area contributed by atoms with Crippen molar-refractivity contribution in [3.05, 3.63) is 36.0 Å². The van der Waals surface area contributed by atoms with Crippen LogP contribution in [0.25, 0.3) is 0 Å². The molecule has 0 fully saturated rings. The molecule has 0 aromatic carbocycles. The monoisotopic (exact) mass is 543 g/mol. The Bertz CT molecular complexity index is 629. The first-order valence-corrected chi connectivity index (χ1v) is 17.5. The number of carbonyl (C=O) groups excluding carboxylic acids is 1. The number of rotatable bonds is 29. The van der Waals surface area contributed by atoms with Gasteiger partial charge >= 0.3 is 5.97 Å². The standard InChI is InChI=1S/C37H66O2/c1-3-4-5-6-7-8-9-10-11-12-13-14-15-16-17-18-19-20-21-22-23-24-25-26-27-28-29-30-31-32-33-36-34-35(2)39-37(36)38/h14-15,18-19,34-35H,3-13,16-17,20-33H2,1-2H3. The lowest BCUT2D eigenvalue weighted by atomic mass is 10.0. The van der Waals surface area contributed by atoms with Gasteiger partial charge in [-0.15, -0.1) is 0 Å². The molecule has 1 heterocycles. The average molecular weight is 543 g/mol. The zero-order chi connectivity index (χ0) is 28.1. The third-order valence-corrected chi connectivity index (χ3v) is 8.12. The summed E-state index contributed by atoms with van der Waals surface area (Å²) in [6, 6.07) is 0. The Morgan fingerprint density at radius 3 is 1.28 bits per heavy atom. The lowest BCUT2D eigenvalue weighted by molar-refractivity contribution is -0.139. The lowest BCUT2D eigenvalue weighted by Gasteiger charge is -2.03. The molecule has 0 spiro atoms. The first-order valence-electron chi connectivity index (χ1n) is 17.5. The van der Waals surface area contributed by atoms with Crippen molar-refractivity contribution in [3.8, 4) is 0 Å². The molecule has 226 valence electrons. The van der Waals surface area contributed by atoms with Crippen molar-refractivity contribution < 1.29 is 9.53 Å². The molecule has 1 unspecified atom stereocenters. The van der Waals surface area contributed by atoms with Crippen LogP contribution in [-0.2, 0) is 9.53 Å². The summed E-state index contributed by atoms with van der Waals surface area (Å²) < 4.78 is 5.15. The van der Waals surface area contributed by atoms with Gasteiger partial charge in [0.25, 0.3) is 0 Å². The number of allylic oxidation sites excluding steroid dienone is 4. The number of cyclic esters (lactones) is 1. The van der Waals surface area contributed by atoms with Gasteiger partial charge in [0.05, 0.1) is 0 Å². The van der Waals surface area contributed by atoms with Crippen molar-refractivity contribution in [2.24, 2.45) is 0 Å². The summed E-state index contributed by atoms with van der Waals surface area (Å²) in [7, 11) is 0.